The van der Waals surface area contributed by atoms with Gasteiger partial charge in [-0.3, -0.25) is 14.4 Å². The number of carbonyl (C=O) groups is 5. The van der Waals surface area contributed by atoms with Crippen molar-refractivity contribution in [1.82, 2.24) is 20.9 Å². The molecule has 1 spiro atoms. The number of hydrogen-bond donors (Lipinski definition) is 3. The average molecular weight is 561 g/mol. The maximum Gasteiger partial charge on any atom is 0.408 e. The van der Waals surface area contributed by atoms with Crippen molar-refractivity contribution in [2.24, 2.45) is 11.8 Å². The van der Waals surface area contributed by atoms with Crippen LogP contribution in [-0.4, -0.2) is 65.7 Å². The number of alkyl carbamates (subject to hydrolysis) is 1. The third-order valence-corrected chi connectivity index (χ3v) is 8.26. The molecule has 3 aliphatic rings. The fourth-order valence-electron chi connectivity index (χ4n) is 5.97. The molecule has 2 heterocycles. The first-order valence-electron chi connectivity index (χ1n) is 13.7. The average Bonchev–Trinajstić information content (AvgIpc) is 3.22. The molecule has 0 aromatic heterocycles. The summed E-state index contributed by atoms with van der Waals surface area (Å²) >= 11 is 5.99. The zero-order valence-corrected chi connectivity index (χ0v) is 23.0. The maximum absolute atomic E-state index is 13.3. The highest BCUT2D eigenvalue weighted by molar-refractivity contribution is 6.30. The summed E-state index contributed by atoms with van der Waals surface area (Å²) in [5.74, 6) is -0.876. The Morgan fingerprint density at radius 3 is 2.59 bits per heavy atom. The predicted octanol–water partition coefficient (Wildman–Crippen LogP) is 2.72. The van der Waals surface area contributed by atoms with E-state index in [4.69, 9.17) is 16.3 Å². The Hall–Kier alpha value is -3.14. The number of rotatable bonds is 10. The third kappa shape index (κ3) is 7.71. The first kappa shape index (κ1) is 28.9. The van der Waals surface area contributed by atoms with E-state index in [2.05, 4.69) is 16.0 Å². The largest absolute Gasteiger partial charge is 0.445 e. The van der Waals surface area contributed by atoms with Gasteiger partial charge in [0.05, 0.1) is 11.6 Å². The van der Waals surface area contributed by atoms with Crippen LogP contribution >= 0.6 is 11.6 Å². The molecule has 11 heteroatoms. The Balaban J connectivity index is 1.34. The standard InChI is InChI=1S/C28H37ClN4O6/c1-18(35)33-16-28(17-33)13-21(25(36)32-28)12-23(14-34)30-26(37)24(11-19-6-3-2-4-7-19)31-27(38)39-15-20-8-5-9-22(29)10-20/h5,8-10,14,19,21,23-24H,2-4,6-7,11-13,15-17H2,1H3,(H,30,37)(H,31,38)(H,32,36)/t21?,23?,24-/m0/s1. The van der Waals surface area contributed by atoms with E-state index in [0.29, 0.717) is 37.2 Å². The molecule has 39 heavy (non-hydrogen) atoms. The van der Waals surface area contributed by atoms with E-state index in [1.165, 1.54) is 6.92 Å². The second kappa shape index (κ2) is 12.8. The van der Waals surface area contributed by atoms with Gasteiger partial charge in [0.25, 0.3) is 0 Å². The second-order valence-corrected chi connectivity index (χ2v) is 11.6. The third-order valence-electron chi connectivity index (χ3n) is 8.02. The van der Waals surface area contributed by atoms with Crippen LogP contribution in [0.1, 0.15) is 63.9 Å². The minimum Gasteiger partial charge on any atom is -0.445 e. The molecule has 4 amide bonds. The van der Waals surface area contributed by atoms with Gasteiger partial charge in [-0.25, -0.2) is 4.79 Å². The van der Waals surface area contributed by atoms with Crippen LogP contribution in [0.2, 0.25) is 5.02 Å². The lowest BCUT2D eigenvalue weighted by molar-refractivity contribution is -0.138. The molecule has 0 bridgehead atoms. The van der Waals surface area contributed by atoms with Crippen LogP contribution < -0.4 is 16.0 Å². The Morgan fingerprint density at radius 1 is 1.18 bits per heavy atom. The first-order valence-corrected chi connectivity index (χ1v) is 14.0. The lowest BCUT2D eigenvalue weighted by Gasteiger charge is -2.47. The zero-order chi connectivity index (χ0) is 28.0. The maximum atomic E-state index is 13.3. The summed E-state index contributed by atoms with van der Waals surface area (Å²) in [5, 5.41) is 8.93. The molecule has 0 radical (unpaired) electrons. The predicted molar refractivity (Wildman–Crippen MR) is 144 cm³/mol. The minimum absolute atomic E-state index is 0.000716. The van der Waals surface area contributed by atoms with Crippen molar-refractivity contribution in [2.45, 2.75) is 82.5 Å². The van der Waals surface area contributed by atoms with Crippen molar-refractivity contribution in [3.63, 3.8) is 0 Å². The molecule has 212 valence electrons. The summed E-state index contributed by atoms with van der Waals surface area (Å²) in [6, 6.07) is 5.20. The quantitative estimate of drug-likeness (QED) is 0.377. The van der Waals surface area contributed by atoms with Gasteiger partial charge in [-0.2, -0.15) is 0 Å². The van der Waals surface area contributed by atoms with Gasteiger partial charge >= 0.3 is 6.09 Å². The molecule has 1 saturated carbocycles. The van der Waals surface area contributed by atoms with Gasteiger partial charge in [0.1, 0.15) is 18.9 Å². The highest BCUT2D eigenvalue weighted by atomic mass is 35.5. The van der Waals surface area contributed by atoms with Crippen molar-refractivity contribution >= 4 is 41.7 Å². The van der Waals surface area contributed by atoms with E-state index in [0.717, 1.165) is 37.7 Å². The molecule has 2 unspecified atom stereocenters. The van der Waals surface area contributed by atoms with E-state index in [-0.39, 0.29) is 30.8 Å². The molecule has 10 nitrogen and oxygen atoms in total. The van der Waals surface area contributed by atoms with Crippen LogP contribution in [-0.2, 0) is 30.5 Å². The van der Waals surface area contributed by atoms with Crippen LogP contribution in [0.25, 0.3) is 0 Å². The van der Waals surface area contributed by atoms with Crippen molar-refractivity contribution in [3.8, 4) is 0 Å². The number of halogens is 1. The summed E-state index contributed by atoms with van der Waals surface area (Å²) in [5.41, 5.74) is 0.264. The van der Waals surface area contributed by atoms with Gasteiger partial charge in [-0.1, -0.05) is 55.8 Å². The van der Waals surface area contributed by atoms with E-state index in [1.54, 1.807) is 29.2 Å². The number of likely N-dealkylation sites (tertiary alicyclic amines) is 1. The molecular formula is C28H37ClN4O6. The number of aldehydes is 1. The second-order valence-electron chi connectivity index (χ2n) is 11.2. The molecule has 1 aliphatic carbocycles. The number of carbonyl (C=O) groups excluding carboxylic acids is 5. The van der Waals surface area contributed by atoms with Crippen LogP contribution in [0.15, 0.2) is 24.3 Å². The molecule has 1 aromatic rings. The molecular weight excluding hydrogens is 524 g/mol. The fourth-order valence-corrected chi connectivity index (χ4v) is 6.18. The van der Waals surface area contributed by atoms with Crippen LogP contribution in [0.5, 0.6) is 0 Å². The number of ether oxygens (including phenoxy) is 1. The highest BCUT2D eigenvalue weighted by Crippen LogP contribution is 2.35. The fraction of sp³-hybridized carbons (Fsp3) is 0.607. The summed E-state index contributed by atoms with van der Waals surface area (Å²) in [6.07, 6.45) is 6.25. The molecule has 2 aliphatic heterocycles. The Bertz CT molecular complexity index is 1090. The Kier molecular flexibility index (Phi) is 9.48. The number of hydrogen-bond acceptors (Lipinski definition) is 6. The van der Waals surface area contributed by atoms with E-state index < -0.39 is 35.5 Å². The SMILES string of the molecule is CC(=O)N1CC2(CC(CC(C=O)NC(=O)[C@H](CC3CCCCC3)NC(=O)OCc3cccc(Cl)c3)C(=O)N2)C1. The summed E-state index contributed by atoms with van der Waals surface area (Å²) in [7, 11) is 0. The number of nitrogens with zero attached hydrogens (tertiary/aromatic N) is 1. The number of amides is 4. The topological polar surface area (TPSA) is 134 Å². The molecule has 3 atom stereocenters. The minimum atomic E-state index is -0.884. The van der Waals surface area contributed by atoms with E-state index in [9.17, 15) is 24.0 Å². The van der Waals surface area contributed by atoms with Crippen molar-refractivity contribution < 1.29 is 28.7 Å². The lowest BCUT2D eigenvalue weighted by atomic mass is 9.83. The van der Waals surface area contributed by atoms with Crippen molar-refractivity contribution in [3.05, 3.63) is 34.9 Å². The summed E-state index contributed by atoms with van der Waals surface area (Å²) < 4.78 is 5.33. The lowest BCUT2D eigenvalue weighted by Crippen LogP contribution is -2.68. The number of nitrogens with one attached hydrogen (secondary N) is 3. The first-order chi connectivity index (χ1) is 18.7. The monoisotopic (exact) mass is 560 g/mol. The Morgan fingerprint density at radius 2 is 1.92 bits per heavy atom. The van der Waals surface area contributed by atoms with Gasteiger partial charge in [0.2, 0.25) is 17.7 Å². The molecule has 4 rings (SSSR count). The van der Waals surface area contributed by atoms with Crippen LogP contribution in [0.3, 0.4) is 0 Å². The van der Waals surface area contributed by atoms with Gasteiger partial charge < -0.3 is 30.4 Å². The number of benzene rings is 1. The van der Waals surface area contributed by atoms with E-state index >= 15 is 0 Å². The van der Waals surface area contributed by atoms with Crippen molar-refractivity contribution in [1.29, 1.82) is 0 Å². The molecule has 3 fully saturated rings. The van der Waals surface area contributed by atoms with Crippen LogP contribution in [0, 0.1) is 11.8 Å². The van der Waals surface area contributed by atoms with Gasteiger partial charge in [-0.15, -0.1) is 0 Å². The van der Waals surface area contributed by atoms with Crippen LogP contribution in [0.4, 0.5) is 4.79 Å². The summed E-state index contributed by atoms with van der Waals surface area (Å²) in [4.78, 5) is 63.7. The molecule has 3 N–H and O–H groups in total. The van der Waals surface area contributed by atoms with Crippen molar-refractivity contribution in [2.75, 3.05) is 13.1 Å². The normalized spacial score (nSPS) is 21.8. The van der Waals surface area contributed by atoms with Gasteiger partial charge in [0, 0.05) is 31.0 Å². The summed E-state index contributed by atoms with van der Waals surface area (Å²) in [6.45, 7) is 2.39. The van der Waals surface area contributed by atoms with Gasteiger partial charge in [0.15, 0.2) is 0 Å². The smallest absolute Gasteiger partial charge is 0.408 e. The zero-order valence-electron chi connectivity index (χ0n) is 22.2. The van der Waals surface area contributed by atoms with E-state index in [1.807, 2.05) is 0 Å². The molecule has 2 saturated heterocycles. The Labute approximate surface area is 233 Å². The molecule has 1 aromatic carbocycles. The van der Waals surface area contributed by atoms with Gasteiger partial charge in [-0.05, 0) is 42.9 Å². The highest BCUT2D eigenvalue weighted by Gasteiger charge is 2.52.